The van der Waals surface area contributed by atoms with E-state index in [1.54, 1.807) is 17.0 Å². The first-order chi connectivity index (χ1) is 20.9. The van der Waals surface area contributed by atoms with Crippen molar-refractivity contribution >= 4 is 45.4 Å². The molecule has 0 radical (unpaired) electrons. The number of unbranched alkanes of at least 4 members (excludes halogenated alkanes) is 2. The fourth-order valence-corrected chi connectivity index (χ4v) is 6.47. The highest BCUT2D eigenvalue weighted by atomic mass is 32.2. The molecule has 0 unspecified atom stereocenters. The van der Waals surface area contributed by atoms with E-state index in [4.69, 9.17) is 5.73 Å². The van der Waals surface area contributed by atoms with Crippen molar-refractivity contribution in [3.8, 4) is 0 Å². The zero-order valence-electron chi connectivity index (χ0n) is 25.1. The standard InChI is InChI=1S/C32H40N4O7S/c1-20-7-10-23-16-22(6-4-3-5-15-37)17-24-18-27(36(29(23)24)32(20)41)31(40)35-26(13-14-28(33)38)30(39)34-19-21-8-11-25(12-9-21)44(2,42)43/h8-9,11-12,15-17,20,26-27H,3-7,10,13-14,18-19H2,1-2H3,(H2,33,38)(H,34,39)(H,35,40)/t20-,26-,27-/m0/s1. The third-order valence-corrected chi connectivity index (χ3v) is 9.40. The number of hydrogen-bond donors (Lipinski definition) is 3. The van der Waals surface area contributed by atoms with Crippen molar-refractivity contribution in [2.45, 2.75) is 88.2 Å². The molecule has 12 heteroatoms. The van der Waals surface area contributed by atoms with Crippen LogP contribution in [-0.2, 0) is 59.6 Å². The molecule has 4 N–H and O–H groups in total. The van der Waals surface area contributed by atoms with Gasteiger partial charge in [0, 0.05) is 38.0 Å². The molecule has 2 heterocycles. The Bertz CT molecular complexity index is 1540. The number of aldehydes is 1. The van der Waals surface area contributed by atoms with Crippen LogP contribution in [0.15, 0.2) is 41.3 Å². The first kappa shape index (κ1) is 32.8. The average Bonchev–Trinajstić information content (AvgIpc) is 3.32. The van der Waals surface area contributed by atoms with Crippen LogP contribution in [0.2, 0.25) is 0 Å². The van der Waals surface area contributed by atoms with Gasteiger partial charge in [0.05, 0.1) is 10.6 Å². The van der Waals surface area contributed by atoms with Crippen molar-refractivity contribution < 1.29 is 32.4 Å². The molecule has 0 aromatic heterocycles. The van der Waals surface area contributed by atoms with Gasteiger partial charge in [-0.2, -0.15) is 0 Å². The summed E-state index contributed by atoms with van der Waals surface area (Å²) in [6, 6.07) is 8.28. The molecule has 0 aliphatic carbocycles. The third-order valence-electron chi connectivity index (χ3n) is 8.27. The van der Waals surface area contributed by atoms with Crippen molar-refractivity contribution in [2.24, 2.45) is 11.7 Å². The van der Waals surface area contributed by atoms with Crippen LogP contribution in [0.1, 0.15) is 67.7 Å². The molecular weight excluding hydrogens is 584 g/mol. The molecule has 3 atom stereocenters. The fourth-order valence-electron chi connectivity index (χ4n) is 5.84. The quantitative estimate of drug-likeness (QED) is 0.213. The number of nitrogens with two attached hydrogens (primary N) is 1. The van der Waals surface area contributed by atoms with Crippen LogP contribution in [0.3, 0.4) is 0 Å². The molecule has 0 bridgehead atoms. The Labute approximate surface area is 257 Å². The van der Waals surface area contributed by atoms with Crippen LogP contribution < -0.4 is 21.3 Å². The Balaban J connectivity index is 1.51. The number of carbonyl (C=O) groups excluding carboxylic acids is 5. The lowest BCUT2D eigenvalue weighted by Gasteiger charge is -2.28. The van der Waals surface area contributed by atoms with Gasteiger partial charge in [0.15, 0.2) is 9.84 Å². The lowest BCUT2D eigenvalue weighted by atomic mass is 9.95. The number of primary amides is 1. The number of sulfone groups is 1. The highest BCUT2D eigenvalue weighted by Gasteiger charge is 2.43. The largest absolute Gasteiger partial charge is 0.370 e. The number of nitrogens with one attached hydrogen (secondary N) is 2. The van der Waals surface area contributed by atoms with Gasteiger partial charge in [-0.25, -0.2) is 8.42 Å². The van der Waals surface area contributed by atoms with Gasteiger partial charge in [-0.3, -0.25) is 24.1 Å². The summed E-state index contributed by atoms with van der Waals surface area (Å²) in [4.78, 5) is 64.6. The van der Waals surface area contributed by atoms with E-state index in [-0.39, 0.29) is 36.1 Å². The third kappa shape index (κ3) is 7.90. The number of rotatable bonds is 14. The Hall–Kier alpha value is -4.06. The highest BCUT2D eigenvalue weighted by Crippen LogP contribution is 2.41. The Morgan fingerprint density at radius 2 is 1.80 bits per heavy atom. The highest BCUT2D eigenvalue weighted by molar-refractivity contribution is 7.90. The molecule has 0 saturated carbocycles. The minimum atomic E-state index is -3.36. The molecule has 0 spiro atoms. The van der Waals surface area contributed by atoms with Crippen molar-refractivity contribution in [1.82, 2.24) is 10.6 Å². The van der Waals surface area contributed by atoms with Crippen LogP contribution >= 0.6 is 0 Å². The summed E-state index contributed by atoms with van der Waals surface area (Å²) in [6.45, 7) is 1.93. The number of aryl methyl sites for hydroxylation is 2. The zero-order chi connectivity index (χ0) is 32.0. The molecule has 2 aromatic carbocycles. The minimum Gasteiger partial charge on any atom is -0.370 e. The average molecular weight is 625 g/mol. The summed E-state index contributed by atoms with van der Waals surface area (Å²) < 4.78 is 23.5. The van der Waals surface area contributed by atoms with E-state index in [1.165, 1.54) is 12.1 Å². The Morgan fingerprint density at radius 1 is 1.09 bits per heavy atom. The molecular formula is C32H40N4O7S. The van der Waals surface area contributed by atoms with Crippen LogP contribution in [0.5, 0.6) is 0 Å². The number of amides is 4. The van der Waals surface area contributed by atoms with Gasteiger partial charge in [0.25, 0.3) is 0 Å². The van der Waals surface area contributed by atoms with Gasteiger partial charge < -0.3 is 21.2 Å². The number of benzene rings is 2. The van der Waals surface area contributed by atoms with Crippen LogP contribution in [0.25, 0.3) is 0 Å². The van der Waals surface area contributed by atoms with Crippen LogP contribution in [0, 0.1) is 5.92 Å². The molecule has 2 aliphatic heterocycles. The monoisotopic (exact) mass is 624 g/mol. The van der Waals surface area contributed by atoms with Crippen molar-refractivity contribution in [3.63, 3.8) is 0 Å². The normalized spacial score (nSPS) is 18.2. The van der Waals surface area contributed by atoms with Crippen LogP contribution in [0.4, 0.5) is 5.69 Å². The van der Waals surface area contributed by atoms with Crippen molar-refractivity contribution in [3.05, 3.63) is 58.7 Å². The lowest BCUT2D eigenvalue weighted by molar-refractivity contribution is -0.131. The predicted molar refractivity (Wildman–Crippen MR) is 164 cm³/mol. The maximum atomic E-state index is 13.8. The lowest BCUT2D eigenvalue weighted by Crippen LogP contribution is -2.55. The Morgan fingerprint density at radius 3 is 2.45 bits per heavy atom. The maximum absolute atomic E-state index is 13.8. The maximum Gasteiger partial charge on any atom is 0.244 e. The molecule has 2 aliphatic rings. The number of anilines is 1. The molecule has 2 aromatic rings. The van der Waals surface area contributed by atoms with E-state index in [2.05, 4.69) is 16.7 Å². The smallest absolute Gasteiger partial charge is 0.244 e. The number of carbonyl (C=O) groups is 5. The first-order valence-electron chi connectivity index (χ1n) is 15.0. The molecule has 4 amide bonds. The SMILES string of the molecule is C[C@H]1CCc2cc(CCCCC=O)cc3c2N(C1=O)[C@H](C(=O)N[C@@H](CCC(N)=O)C(=O)NCc1ccc(S(C)(=O)=O)cc1)C3. The summed E-state index contributed by atoms with van der Waals surface area (Å²) in [5.41, 5.74) is 9.80. The van der Waals surface area contributed by atoms with Gasteiger partial charge in [-0.15, -0.1) is 0 Å². The van der Waals surface area contributed by atoms with Gasteiger partial charge in [-0.1, -0.05) is 31.2 Å². The predicted octanol–water partition coefficient (Wildman–Crippen LogP) is 1.91. The number of hydrogen-bond acceptors (Lipinski definition) is 7. The second-order valence-corrected chi connectivity index (χ2v) is 13.8. The second-order valence-electron chi connectivity index (χ2n) is 11.7. The minimum absolute atomic E-state index is 0.0277. The summed E-state index contributed by atoms with van der Waals surface area (Å²) >= 11 is 0. The van der Waals surface area contributed by atoms with Gasteiger partial charge in [0.2, 0.25) is 23.6 Å². The molecule has 236 valence electrons. The van der Waals surface area contributed by atoms with E-state index in [9.17, 15) is 32.4 Å². The zero-order valence-corrected chi connectivity index (χ0v) is 26.0. The first-order valence-corrected chi connectivity index (χ1v) is 16.8. The van der Waals surface area contributed by atoms with Gasteiger partial charge in [0.1, 0.15) is 18.4 Å². The summed E-state index contributed by atoms with van der Waals surface area (Å²) in [5, 5.41) is 5.52. The van der Waals surface area contributed by atoms with E-state index in [0.717, 1.165) is 54.2 Å². The van der Waals surface area contributed by atoms with Gasteiger partial charge >= 0.3 is 0 Å². The molecule has 0 saturated heterocycles. The van der Waals surface area contributed by atoms with E-state index in [0.29, 0.717) is 31.2 Å². The van der Waals surface area contributed by atoms with Crippen molar-refractivity contribution in [1.29, 1.82) is 0 Å². The van der Waals surface area contributed by atoms with Gasteiger partial charge in [-0.05, 0) is 72.9 Å². The Kier molecular flexibility index (Phi) is 10.6. The summed E-state index contributed by atoms with van der Waals surface area (Å²) in [7, 11) is -3.36. The molecule has 0 fully saturated rings. The van der Waals surface area contributed by atoms with E-state index in [1.807, 2.05) is 13.0 Å². The molecule has 44 heavy (non-hydrogen) atoms. The summed E-state index contributed by atoms with van der Waals surface area (Å²) in [6.07, 6.45) is 6.48. The second kappa shape index (κ2) is 14.1. The number of nitrogens with zero attached hydrogens (tertiary/aromatic N) is 1. The molecule has 4 rings (SSSR count). The topological polar surface area (TPSA) is 173 Å². The molecule has 11 nitrogen and oxygen atoms in total. The van der Waals surface area contributed by atoms with Crippen LogP contribution in [-0.4, -0.2) is 56.7 Å². The van der Waals surface area contributed by atoms with Crippen molar-refractivity contribution in [2.75, 3.05) is 11.2 Å². The van der Waals surface area contributed by atoms with E-state index >= 15 is 0 Å². The summed E-state index contributed by atoms with van der Waals surface area (Å²) in [5.74, 6) is -2.08. The fraction of sp³-hybridized carbons (Fsp3) is 0.469. The van der Waals surface area contributed by atoms with E-state index < -0.39 is 39.6 Å².